The SMILES string of the molecule is CC(C)COS(=O)(=O)CCCNC(=O)[C@H](Cc1ccccc1)NC(=O)C=Cc1ccccc1. The second-order valence-corrected chi connectivity index (χ2v) is 9.84. The van der Waals surface area contributed by atoms with Crippen molar-refractivity contribution in [1.82, 2.24) is 10.6 Å². The molecule has 8 heteroatoms. The monoisotopic (exact) mass is 472 g/mol. The van der Waals surface area contributed by atoms with E-state index >= 15 is 0 Å². The van der Waals surface area contributed by atoms with Crippen molar-refractivity contribution >= 4 is 28.0 Å². The first kappa shape index (κ1) is 26.3. The fourth-order valence-electron chi connectivity index (χ4n) is 2.90. The van der Waals surface area contributed by atoms with E-state index < -0.39 is 16.2 Å². The van der Waals surface area contributed by atoms with Crippen molar-refractivity contribution in [3.05, 3.63) is 77.9 Å². The molecule has 178 valence electrons. The highest BCUT2D eigenvalue weighted by Crippen LogP contribution is 2.06. The third kappa shape index (κ3) is 10.9. The summed E-state index contributed by atoms with van der Waals surface area (Å²) in [4.78, 5) is 25.2. The van der Waals surface area contributed by atoms with E-state index in [1.807, 2.05) is 74.5 Å². The summed E-state index contributed by atoms with van der Waals surface area (Å²) in [7, 11) is -3.63. The minimum atomic E-state index is -3.63. The fourth-order valence-corrected chi connectivity index (χ4v) is 3.99. The van der Waals surface area contributed by atoms with Crippen molar-refractivity contribution in [2.24, 2.45) is 5.92 Å². The Hall–Kier alpha value is -2.97. The Morgan fingerprint density at radius 3 is 2.27 bits per heavy atom. The zero-order chi connectivity index (χ0) is 24.1. The molecule has 0 aliphatic rings. The Kier molecular flexibility index (Phi) is 10.8. The summed E-state index contributed by atoms with van der Waals surface area (Å²) in [5, 5.41) is 5.47. The van der Waals surface area contributed by atoms with Crippen LogP contribution in [0.2, 0.25) is 0 Å². The summed E-state index contributed by atoms with van der Waals surface area (Å²) in [5.74, 6) is -0.839. The van der Waals surface area contributed by atoms with Crippen LogP contribution < -0.4 is 10.6 Å². The lowest BCUT2D eigenvalue weighted by Crippen LogP contribution is -2.48. The van der Waals surface area contributed by atoms with Crippen molar-refractivity contribution in [1.29, 1.82) is 0 Å². The maximum atomic E-state index is 12.8. The first-order valence-electron chi connectivity index (χ1n) is 11.0. The van der Waals surface area contributed by atoms with Crippen molar-refractivity contribution in [2.45, 2.75) is 32.7 Å². The molecule has 7 nitrogen and oxygen atoms in total. The number of benzene rings is 2. The summed E-state index contributed by atoms with van der Waals surface area (Å²) in [6, 6.07) is 17.9. The molecule has 2 aromatic rings. The third-order valence-corrected chi connectivity index (χ3v) is 5.88. The Labute approximate surface area is 196 Å². The van der Waals surface area contributed by atoms with Gasteiger partial charge >= 0.3 is 0 Å². The minimum Gasteiger partial charge on any atom is -0.354 e. The van der Waals surface area contributed by atoms with Gasteiger partial charge in [0.1, 0.15) is 6.04 Å². The molecule has 0 heterocycles. The summed E-state index contributed by atoms with van der Waals surface area (Å²) < 4.78 is 28.7. The first-order chi connectivity index (χ1) is 15.7. The van der Waals surface area contributed by atoms with Gasteiger partial charge in [0.25, 0.3) is 10.1 Å². The van der Waals surface area contributed by atoms with E-state index in [2.05, 4.69) is 10.6 Å². The first-order valence-corrected chi connectivity index (χ1v) is 12.6. The lowest BCUT2D eigenvalue weighted by molar-refractivity contribution is -0.127. The Morgan fingerprint density at radius 1 is 1.00 bits per heavy atom. The van der Waals surface area contributed by atoms with E-state index in [1.54, 1.807) is 6.08 Å². The van der Waals surface area contributed by atoms with Gasteiger partial charge in [0, 0.05) is 19.0 Å². The van der Waals surface area contributed by atoms with Crippen molar-refractivity contribution in [3.8, 4) is 0 Å². The lowest BCUT2D eigenvalue weighted by Gasteiger charge is -2.18. The Bertz CT molecular complexity index is 1010. The van der Waals surface area contributed by atoms with E-state index in [1.165, 1.54) is 6.08 Å². The highest BCUT2D eigenvalue weighted by atomic mass is 32.2. The molecule has 2 amide bonds. The highest BCUT2D eigenvalue weighted by molar-refractivity contribution is 7.86. The molecular formula is C25H32N2O5S. The van der Waals surface area contributed by atoms with E-state index in [0.29, 0.717) is 6.42 Å². The van der Waals surface area contributed by atoms with E-state index in [0.717, 1.165) is 11.1 Å². The number of nitrogens with one attached hydrogen (secondary N) is 2. The zero-order valence-electron chi connectivity index (χ0n) is 19.1. The lowest BCUT2D eigenvalue weighted by atomic mass is 10.1. The van der Waals surface area contributed by atoms with Crippen LogP contribution in [0.25, 0.3) is 6.08 Å². The molecule has 0 aromatic heterocycles. The van der Waals surface area contributed by atoms with E-state index in [4.69, 9.17) is 4.18 Å². The van der Waals surface area contributed by atoms with Gasteiger partial charge in [-0.1, -0.05) is 74.5 Å². The molecule has 0 aliphatic heterocycles. The predicted molar refractivity (Wildman–Crippen MR) is 130 cm³/mol. The molecule has 0 unspecified atom stereocenters. The number of amides is 2. The van der Waals surface area contributed by atoms with Gasteiger partial charge in [-0.3, -0.25) is 13.8 Å². The quantitative estimate of drug-likeness (QED) is 0.265. The molecule has 33 heavy (non-hydrogen) atoms. The molecule has 2 aromatic carbocycles. The molecule has 0 fully saturated rings. The predicted octanol–water partition coefficient (Wildman–Crippen LogP) is 2.94. The second kappa shape index (κ2) is 13.5. The molecule has 0 spiro atoms. The minimum absolute atomic E-state index is 0.109. The standard InChI is InChI=1S/C25H32N2O5S/c1-20(2)19-32-33(30,31)17-9-16-26-25(29)23(18-22-12-7-4-8-13-22)27-24(28)15-14-21-10-5-3-6-11-21/h3-8,10-15,20,23H,9,16-19H2,1-2H3,(H,26,29)(H,27,28)/t23-/m0/s1. The summed E-state index contributed by atoms with van der Waals surface area (Å²) in [5.41, 5.74) is 1.77. The normalized spacial score (nSPS) is 12.6. The van der Waals surface area contributed by atoms with Crippen LogP contribution in [0.5, 0.6) is 0 Å². The van der Waals surface area contributed by atoms with Crippen LogP contribution in [-0.2, 0) is 30.3 Å². The number of hydrogen-bond acceptors (Lipinski definition) is 5. The van der Waals surface area contributed by atoms with Gasteiger partial charge in [-0.05, 0) is 29.5 Å². The topological polar surface area (TPSA) is 102 Å². The van der Waals surface area contributed by atoms with Gasteiger partial charge < -0.3 is 10.6 Å². The number of carbonyl (C=O) groups excluding carboxylic acids is 2. The second-order valence-electron chi connectivity index (χ2n) is 8.08. The largest absolute Gasteiger partial charge is 0.354 e. The summed E-state index contributed by atoms with van der Waals surface area (Å²) in [6.07, 6.45) is 3.59. The van der Waals surface area contributed by atoms with Gasteiger partial charge in [-0.15, -0.1) is 0 Å². The maximum Gasteiger partial charge on any atom is 0.267 e. The van der Waals surface area contributed by atoms with Crippen LogP contribution in [0, 0.1) is 5.92 Å². The Balaban J connectivity index is 1.93. The summed E-state index contributed by atoms with van der Waals surface area (Å²) >= 11 is 0. The van der Waals surface area contributed by atoms with Crippen LogP contribution in [0.3, 0.4) is 0 Å². The molecule has 1 atom stereocenters. The average molecular weight is 473 g/mol. The maximum absolute atomic E-state index is 12.8. The van der Waals surface area contributed by atoms with Gasteiger partial charge in [0.05, 0.1) is 12.4 Å². The number of carbonyl (C=O) groups is 2. The van der Waals surface area contributed by atoms with Crippen LogP contribution >= 0.6 is 0 Å². The molecule has 0 aliphatic carbocycles. The van der Waals surface area contributed by atoms with Gasteiger partial charge in [0.15, 0.2) is 0 Å². The highest BCUT2D eigenvalue weighted by Gasteiger charge is 2.20. The molecule has 0 bridgehead atoms. The molecule has 0 saturated heterocycles. The van der Waals surface area contributed by atoms with Crippen LogP contribution in [0.15, 0.2) is 66.7 Å². The van der Waals surface area contributed by atoms with Crippen molar-refractivity contribution in [3.63, 3.8) is 0 Å². The fraction of sp³-hybridized carbons (Fsp3) is 0.360. The molecule has 2 N–H and O–H groups in total. The molecule has 2 rings (SSSR count). The zero-order valence-corrected chi connectivity index (χ0v) is 19.9. The number of hydrogen-bond donors (Lipinski definition) is 2. The van der Waals surface area contributed by atoms with Crippen LogP contribution in [-0.4, -0.2) is 45.2 Å². The van der Waals surface area contributed by atoms with E-state index in [9.17, 15) is 18.0 Å². The van der Waals surface area contributed by atoms with Crippen LogP contribution in [0.4, 0.5) is 0 Å². The van der Waals surface area contributed by atoms with Gasteiger partial charge in [-0.2, -0.15) is 8.42 Å². The van der Waals surface area contributed by atoms with E-state index in [-0.39, 0.29) is 43.1 Å². The molecule has 0 radical (unpaired) electrons. The smallest absolute Gasteiger partial charge is 0.267 e. The number of rotatable bonds is 13. The third-order valence-electron chi connectivity index (χ3n) is 4.59. The summed E-state index contributed by atoms with van der Waals surface area (Å²) in [6.45, 7) is 4.03. The molecule has 0 saturated carbocycles. The Morgan fingerprint density at radius 2 is 1.64 bits per heavy atom. The average Bonchev–Trinajstić information content (AvgIpc) is 2.80. The van der Waals surface area contributed by atoms with Gasteiger partial charge in [0.2, 0.25) is 11.8 Å². The molecular weight excluding hydrogens is 440 g/mol. The van der Waals surface area contributed by atoms with Crippen molar-refractivity contribution < 1.29 is 22.2 Å². The van der Waals surface area contributed by atoms with Crippen molar-refractivity contribution in [2.75, 3.05) is 18.9 Å². The van der Waals surface area contributed by atoms with Gasteiger partial charge in [-0.25, -0.2) is 0 Å². The van der Waals surface area contributed by atoms with Crippen LogP contribution in [0.1, 0.15) is 31.4 Å².